The lowest BCUT2D eigenvalue weighted by atomic mass is 9.98. The van der Waals surface area contributed by atoms with E-state index in [-0.39, 0.29) is 34.6 Å². The highest BCUT2D eigenvalue weighted by Crippen LogP contribution is 2.31. The molecule has 0 aliphatic heterocycles. The molecule has 0 saturated heterocycles. The number of aromatic nitrogens is 3. The maximum atomic E-state index is 14.5. The number of benzene rings is 1. The van der Waals surface area contributed by atoms with Crippen molar-refractivity contribution in [2.24, 2.45) is 5.73 Å². The molecule has 0 radical (unpaired) electrons. The lowest BCUT2D eigenvalue weighted by Crippen LogP contribution is -2.28. The zero-order valence-electron chi connectivity index (χ0n) is 19.5. The Morgan fingerprint density at radius 2 is 1.83 bits per heavy atom. The molecule has 36 heavy (non-hydrogen) atoms. The van der Waals surface area contributed by atoms with Crippen molar-refractivity contribution >= 4 is 15.7 Å². The molecular weight excluding hydrogens is 502 g/mol. The topological polar surface area (TPSA) is 128 Å². The summed E-state index contributed by atoms with van der Waals surface area (Å²) < 4.78 is 77.4. The summed E-state index contributed by atoms with van der Waals surface area (Å²) in [5.41, 5.74) is 5.33. The van der Waals surface area contributed by atoms with E-state index < -0.39 is 44.7 Å². The maximum absolute atomic E-state index is 14.5. The summed E-state index contributed by atoms with van der Waals surface area (Å²) in [5.74, 6) is -2.29. The lowest BCUT2D eigenvalue weighted by molar-refractivity contribution is -0.141. The number of nitrogens with zero attached hydrogens (tertiary/aromatic N) is 3. The molecule has 8 nitrogen and oxygen atoms in total. The van der Waals surface area contributed by atoms with Crippen LogP contribution in [0.5, 0.6) is 0 Å². The van der Waals surface area contributed by atoms with E-state index in [1.54, 1.807) is 6.92 Å². The number of carbonyl (C=O) groups is 1. The first-order chi connectivity index (χ1) is 16.7. The fourth-order valence-electron chi connectivity index (χ4n) is 3.29. The van der Waals surface area contributed by atoms with Crippen molar-refractivity contribution in [1.82, 2.24) is 20.3 Å². The molecular formula is C23H23F4N5O3S. The molecule has 13 heteroatoms. The van der Waals surface area contributed by atoms with Crippen LogP contribution in [0.4, 0.5) is 17.6 Å². The van der Waals surface area contributed by atoms with E-state index in [4.69, 9.17) is 5.73 Å². The number of alkyl halides is 3. The Labute approximate surface area is 204 Å². The van der Waals surface area contributed by atoms with Gasteiger partial charge in [-0.3, -0.25) is 14.8 Å². The molecule has 0 saturated carbocycles. The van der Waals surface area contributed by atoms with Gasteiger partial charge in [0.15, 0.2) is 9.84 Å². The van der Waals surface area contributed by atoms with E-state index in [2.05, 4.69) is 20.3 Å². The van der Waals surface area contributed by atoms with E-state index >= 15 is 0 Å². The third-order valence-electron chi connectivity index (χ3n) is 5.43. The van der Waals surface area contributed by atoms with Gasteiger partial charge >= 0.3 is 6.18 Å². The molecule has 0 aliphatic rings. The number of nitrogens with one attached hydrogen (secondary N) is 1. The van der Waals surface area contributed by atoms with E-state index in [1.165, 1.54) is 37.5 Å². The predicted molar refractivity (Wildman–Crippen MR) is 123 cm³/mol. The van der Waals surface area contributed by atoms with Crippen LogP contribution in [0.15, 0.2) is 42.7 Å². The van der Waals surface area contributed by atoms with E-state index in [1.807, 2.05) is 0 Å². The fourth-order valence-corrected chi connectivity index (χ4v) is 3.94. The van der Waals surface area contributed by atoms with Crippen LogP contribution in [0.25, 0.3) is 11.4 Å². The van der Waals surface area contributed by atoms with Crippen molar-refractivity contribution in [1.29, 1.82) is 0 Å². The number of amides is 1. The monoisotopic (exact) mass is 525 g/mol. The van der Waals surface area contributed by atoms with E-state index in [0.29, 0.717) is 5.69 Å². The van der Waals surface area contributed by atoms with Crippen molar-refractivity contribution in [2.45, 2.75) is 37.9 Å². The highest BCUT2D eigenvalue weighted by Gasteiger charge is 2.33. The van der Waals surface area contributed by atoms with Crippen molar-refractivity contribution in [3.05, 3.63) is 76.6 Å². The third kappa shape index (κ3) is 6.21. The molecule has 3 rings (SSSR count). The Bertz CT molecular complexity index is 1380. The van der Waals surface area contributed by atoms with Crippen molar-refractivity contribution in [3.8, 4) is 11.4 Å². The normalized spacial score (nSPS) is 13.8. The van der Waals surface area contributed by atoms with Crippen LogP contribution in [0, 0.1) is 12.7 Å². The average molecular weight is 526 g/mol. The highest BCUT2D eigenvalue weighted by molar-refractivity contribution is 7.90. The maximum Gasteiger partial charge on any atom is 0.433 e. The fraction of sp³-hybridized carbons (Fsp3) is 0.304. The van der Waals surface area contributed by atoms with Crippen molar-refractivity contribution < 1.29 is 30.8 Å². The molecule has 2 aromatic heterocycles. The van der Waals surface area contributed by atoms with Crippen LogP contribution in [0.1, 0.15) is 46.3 Å². The van der Waals surface area contributed by atoms with Gasteiger partial charge in [-0.15, -0.1) is 0 Å². The summed E-state index contributed by atoms with van der Waals surface area (Å²) in [5, 5.41) is 1.06. The quantitative estimate of drug-likeness (QED) is 0.453. The average Bonchev–Trinajstić information content (AvgIpc) is 2.80. The van der Waals surface area contributed by atoms with E-state index in [9.17, 15) is 30.8 Å². The zero-order chi connectivity index (χ0) is 26.8. The summed E-state index contributed by atoms with van der Waals surface area (Å²) in [6, 6.07) is 5.61. The summed E-state index contributed by atoms with van der Waals surface area (Å²) in [4.78, 5) is 24.6. The smallest absolute Gasteiger partial charge is 0.351 e. The second kappa shape index (κ2) is 10.3. The second-order valence-corrected chi connectivity index (χ2v) is 10.4. The Balaban J connectivity index is 1.83. The Morgan fingerprint density at radius 3 is 2.39 bits per heavy atom. The number of aryl methyl sites for hydroxylation is 1. The zero-order valence-corrected chi connectivity index (χ0v) is 20.3. The molecule has 0 bridgehead atoms. The van der Waals surface area contributed by atoms with Crippen LogP contribution in [0.3, 0.4) is 0 Å². The van der Waals surface area contributed by atoms with Crippen LogP contribution in [0.2, 0.25) is 0 Å². The number of pyridine rings is 1. The van der Waals surface area contributed by atoms with Gasteiger partial charge in [-0.2, -0.15) is 13.2 Å². The number of carbonyl (C=O) groups excluding carboxylic acids is 1. The predicted octanol–water partition coefficient (Wildman–Crippen LogP) is 3.43. The minimum atomic E-state index is -4.68. The van der Waals surface area contributed by atoms with Crippen LogP contribution in [-0.4, -0.2) is 35.5 Å². The van der Waals surface area contributed by atoms with Crippen molar-refractivity contribution in [2.75, 3.05) is 6.26 Å². The Hall–Kier alpha value is -3.45. The van der Waals surface area contributed by atoms with Gasteiger partial charge < -0.3 is 11.1 Å². The van der Waals surface area contributed by atoms with Crippen LogP contribution < -0.4 is 11.1 Å². The molecule has 1 aromatic carbocycles. The number of sulfone groups is 1. The van der Waals surface area contributed by atoms with Gasteiger partial charge in [0.25, 0.3) is 0 Å². The van der Waals surface area contributed by atoms with E-state index in [0.717, 1.165) is 18.4 Å². The Kier molecular flexibility index (Phi) is 7.74. The first kappa shape index (κ1) is 27.1. The second-order valence-electron chi connectivity index (χ2n) is 8.22. The Morgan fingerprint density at radius 1 is 1.14 bits per heavy atom. The van der Waals surface area contributed by atoms with Gasteiger partial charge in [0, 0.05) is 24.6 Å². The highest BCUT2D eigenvalue weighted by atomic mass is 32.2. The molecule has 0 fully saturated rings. The van der Waals surface area contributed by atoms with Gasteiger partial charge in [-0.25, -0.2) is 17.8 Å². The minimum absolute atomic E-state index is 0.0876. The van der Waals surface area contributed by atoms with Crippen LogP contribution >= 0.6 is 0 Å². The first-order valence-corrected chi connectivity index (χ1v) is 12.5. The molecule has 1 amide bonds. The number of hydrogen-bond acceptors (Lipinski definition) is 7. The molecule has 3 aromatic rings. The third-order valence-corrected chi connectivity index (χ3v) is 6.61. The standard InChI is InChI=1S/C23H23F4N5O3S/c1-12-9-30-18(11-29-12)20-15(5-7-19(32-20)23(25,26)27)10-31-22(33)13(2)14-4-6-16(17(24)8-14)21(28)36(3,34)35/h4-9,11,13,21H,10,28H2,1-3H3,(H,31,33). The molecule has 0 spiro atoms. The minimum Gasteiger partial charge on any atom is -0.351 e. The van der Waals surface area contributed by atoms with Gasteiger partial charge in [0.1, 0.15) is 22.6 Å². The van der Waals surface area contributed by atoms with Gasteiger partial charge in [-0.1, -0.05) is 18.2 Å². The first-order valence-electron chi connectivity index (χ1n) is 10.6. The molecule has 192 valence electrons. The van der Waals surface area contributed by atoms with Crippen molar-refractivity contribution in [3.63, 3.8) is 0 Å². The number of hydrogen-bond donors (Lipinski definition) is 2. The number of rotatable bonds is 7. The SMILES string of the molecule is Cc1cnc(-c2nc(C(F)(F)F)ccc2CNC(=O)C(C)c2ccc(C(N)S(C)(=O)=O)c(F)c2)cn1. The lowest BCUT2D eigenvalue weighted by Gasteiger charge is -2.17. The van der Waals surface area contributed by atoms with Crippen LogP contribution in [-0.2, 0) is 27.4 Å². The molecule has 0 aliphatic carbocycles. The number of nitrogens with two attached hydrogens (primary N) is 1. The number of halogens is 4. The molecule has 2 atom stereocenters. The summed E-state index contributed by atoms with van der Waals surface area (Å²) in [7, 11) is -3.74. The van der Waals surface area contributed by atoms with Gasteiger partial charge in [0.05, 0.1) is 23.5 Å². The van der Waals surface area contributed by atoms with Gasteiger partial charge in [0.2, 0.25) is 5.91 Å². The molecule has 2 unspecified atom stereocenters. The summed E-state index contributed by atoms with van der Waals surface area (Å²) in [6.45, 7) is 2.99. The molecule has 2 heterocycles. The largest absolute Gasteiger partial charge is 0.433 e. The van der Waals surface area contributed by atoms with Gasteiger partial charge in [-0.05, 0) is 37.1 Å². The summed E-state index contributed by atoms with van der Waals surface area (Å²) in [6.07, 6.45) is -1.13. The summed E-state index contributed by atoms with van der Waals surface area (Å²) >= 11 is 0. The molecule has 3 N–H and O–H groups in total.